The highest BCUT2D eigenvalue weighted by Gasteiger charge is 2.68. The fraction of sp³-hybridized carbons (Fsp3) is 0.794. The first-order chi connectivity index (χ1) is 17.7. The summed E-state index contributed by atoms with van der Waals surface area (Å²) in [7, 11) is 0. The predicted octanol–water partition coefficient (Wildman–Crippen LogP) is 7.54. The van der Waals surface area contributed by atoms with E-state index in [1.165, 1.54) is 0 Å². The Morgan fingerprint density at radius 2 is 1.76 bits per heavy atom. The first kappa shape index (κ1) is 27.7. The van der Waals surface area contributed by atoms with E-state index in [0.717, 1.165) is 64.2 Å². The highest BCUT2D eigenvalue weighted by Crippen LogP contribution is 2.73. The maximum Gasteiger partial charge on any atom is 0.223 e. The summed E-state index contributed by atoms with van der Waals surface area (Å²) in [6.07, 6.45) is 15.0. The van der Waals surface area contributed by atoms with Crippen molar-refractivity contribution in [1.82, 2.24) is 0 Å². The molecule has 0 aliphatic heterocycles. The van der Waals surface area contributed by atoms with E-state index in [4.69, 9.17) is 5.73 Å². The third kappa shape index (κ3) is 3.66. The molecule has 0 spiro atoms. The number of amides is 1. The molecular weight excluding hydrogens is 468 g/mol. The molecule has 0 radical (unpaired) electrons. The maximum atomic E-state index is 13.3. The number of rotatable bonds is 3. The van der Waals surface area contributed by atoms with Crippen LogP contribution in [0.25, 0.3) is 0 Å². The molecule has 4 fully saturated rings. The number of carbonyl (C=O) groups is 2. The molecule has 4 saturated carbocycles. The Morgan fingerprint density at radius 3 is 2.39 bits per heavy atom. The molecule has 208 valence electrons. The van der Waals surface area contributed by atoms with Gasteiger partial charge < -0.3 is 5.73 Å². The Bertz CT molecular complexity index is 1140. The molecule has 8 atom stereocenters. The lowest BCUT2D eigenvalue weighted by molar-refractivity contribution is -0.176. The van der Waals surface area contributed by atoms with Crippen molar-refractivity contribution in [3.05, 3.63) is 23.3 Å². The number of ketones is 1. The van der Waals surface area contributed by atoms with Crippen molar-refractivity contribution in [2.45, 2.75) is 113 Å². The fourth-order valence-electron chi connectivity index (χ4n) is 11.0. The zero-order valence-corrected chi connectivity index (χ0v) is 25.0. The van der Waals surface area contributed by atoms with Gasteiger partial charge in [0, 0.05) is 5.41 Å². The van der Waals surface area contributed by atoms with Crippen LogP contribution in [0.4, 0.5) is 0 Å². The van der Waals surface area contributed by atoms with Gasteiger partial charge in [-0.2, -0.15) is 5.26 Å². The molecule has 0 saturated heterocycles. The summed E-state index contributed by atoms with van der Waals surface area (Å²) in [5.74, 6) is 1.80. The van der Waals surface area contributed by atoms with E-state index in [0.29, 0.717) is 29.2 Å². The third-order valence-corrected chi connectivity index (χ3v) is 12.9. The summed E-state index contributed by atoms with van der Waals surface area (Å²) in [5, 5.41) is 9.98. The molecule has 2 N–H and O–H groups in total. The maximum absolute atomic E-state index is 13.3. The summed E-state index contributed by atoms with van der Waals surface area (Å²) >= 11 is 0. The summed E-state index contributed by atoms with van der Waals surface area (Å²) in [4.78, 5) is 26.5. The second-order valence-corrected chi connectivity index (χ2v) is 15.7. The molecule has 0 heterocycles. The van der Waals surface area contributed by atoms with Crippen molar-refractivity contribution in [2.75, 3.05) is 0 Å². The smallest absolute Gasteiger partial charge is 0.223 e. The zero-order valence-electron chi connectivity index (χ0n) is 25.0. The fourth-order valence-corrected chi connectivity index (χ4v) is 11.0. The van der Waals surface area contributed by atoms with E-state index < -0.39 is 5.41 Å². The average Bonchev–Trinajstić information content (AvgIpc) is 2.84. The normalized spacial score (nSPS) is 46.1. The number of nitrogens with zero attached hydrogens (tertiary/aromatic N) is 1. The Kier molecular flexibility index (Phi) is 6.41. The van der Waals surface area contributed by atoms with Crippen LogP contribution in [0.2, 0.25) is 0 Å². The first-order valence-electron chi connectivity index (χ1n) is 15.3. The molecular formula is C34H50N2O2. The van der Waals surface area contributed by atoms with Gasteiger partial charge in [-0.05, 0) is 104 Å². The lowest BCUT2D eigenvalue weighted by Crippen LogP contribution is -2.64. The van der Waals surface area contributed by atoms with Gasteiger partial charge in [0.1, 0.15) is 6.07 Å². The number of nitriles is 1. The van der Waals surface area contributed by atoms with Gasteiger partial charge in [-0.1, -0.05) is 72.6 Å². The number of allylic oxidation sites excluding steroid dienone is 4. The van der Waals surface area contributed by atoms with Crippen LogP contribution in [0, 0.1) is 68.0 Å². The van der Waals surface area contributed by atoms with E-state index in [-0.39, 0.29) is 39.3 Å². The predicted molar refractivity (Wildman–Crippen MR) is 151 cm³/mol. The summed E-state index contributed by atoms with van der Waals surface area (Å²) in [6, 6.07) is 2.29. The SMILES string of the molecule is CCC/C=C1\CC2C3(C)C=C(C#N)C(=O)C(C)(C)C3CCC2(C)C2CCC3(C(N)=O)CCC(C)(C)CC3C12. The minimum absolute atomic E-state index is 0.0230. The molecule has 0 aromatic rings. The van der Waals surface area contributed by atoms with Gasteiger partial charge in [0.05, 0.1) is 11.0 Å². The van der Waals surface area contributed by atoms with Crippen molar-refractivity contribution in [2.24, 2.45) is 62.4 Å². The average molecular weight is 519 g/mol. The highest BCUT2D eigenvalue weighted by molar-refractivity contribution is 6.04. The summed E-state index contributed by atoms with van der Waals surface area (Å²) in [6.45, 7) is 16.1. The molecule has 5 aliphatic carbocycles. The van der Waals surface area contributed by atoms with Gasteiger partial charge in [0.25, 0.3) is 0 Å². The Balaban J connectivity index is 1.66. The van der Waals surface area contributed by atoms with Gasteiger partial charge in [-0.3, -0.25) is 9.59 Å². The van der Waals surface area contributed by atoms with Crippen LogP contribution in [-0.2, 0) is 9.59 Å². The third-order valence-electron chi connectivity index (χ3n) is 12.9. The summed E-state index contributed by atoms with van der Waals surface area (Å²) in [5.41, 5.74) is 7.44. The minimum Gasteiger partial charge on any atom is -0.369 e. The van der Waals surface area contributed by atoms with Crippen LogP contribution in [0.5, 0.6) is 0 Å². The largest absolute Gasteiger partial charge is 0.369 e. The number of hydrogen-bond donors (Lipinski definition) is 1. The number of fused-ring (bicyclic) bond motifs is 7. The van der Waals surface area contributed by atoms with E-state index in [2.05, 4.69) is 66.7 Å². The van der Waals surface area contributed by atoms with E-state index in [1.54, 1.807) is 5.57 Å². The molecule has 4 nitrogen and oxygen atoms in total. The molecule has 1 amide bonds. The highest BCUT2D eigenvalue weighted by atomic mass is 16.1. The van der Waals surface area contributed by atoms with Crippen LogP contribution in [0.3, 0.4) is 0 Å². The lowest BCUT2D eigenvalue weighted by Gasteiger charge is -2.69. The number of carbonyl (C=O) groups excluding carboxylic acids is 2. The van der Waals surface area contributed by atoms with Crippen molar-refractivity contribution in [1.29, 1.82) is 5.26 Å². The van der Waals surface area contributed by atoms with Crippen LogP contribution in [0.15, 0.2) is 23.3 Å². The zero-order chi connectivity index (χ0) is 27.9. The molecule has 0 aromatic heterocycles. The lowest BCUT2D eigenvalue weighted by atomic mass is 9.35. The van der Waals surface area contributed by atoms with E-state index >= 15 is 0 Å². The number of Topliss-reactive ketones (excluding diaryl/α,β-unsaturated/α-hetero) is 1. The quantitative estimate of drug-likeness (QED) is 0.392. The van der Waals surface area contributed by atoms with Crippen molar-refractivity contribution in [3.8, 4) is 6.07 Å². The van der Waals surface area contributed by atoms with Crippen molar-refractivity contribution >= 4 is 11.7 Å². The topological polar surface area (TPSA) is 83.9 Å². The van der Waals surface area contributed by atoms with Gasteiger partial charge in [0.15, 0.2) is 5.78 Å². The molecule has 38 heavy (non-hydrogen) atoms. The monoisotopic (exact) mass is 518 g/mol. The Hall–Kier alpha value is -1.89. The molecule has 4 heteroatoms. The van der Waals surface area contributed by atoms with Crippen molar-refractivity contribution in [3.63, 3.8) is 0 Å². The number of primary amides is 1. The first-order valence-corrected chi connectivity index (χ1v) is 15.3. The Labute approximate surface area is 230 Å². The minimum atomic E-state index is -0.527. The number of unbranched alkanes of at least 4 members (excludes halogenated alkanes) is 1. The molecule has 5 rings (SSSR count). The van der Waals surface area contributed by atoms with Crippen LogP contribution in [0.1, 0.15) is 113 Å². The number of nitrogens with two attached hydrogens (primary N) is 1. The number of hydrogen-bond acceptors (Lipinski definition) is 3. The van der Waals surface area contributed by atoms with Gasteiger partial charge in [0.2, 0.25) is 5.91 Å². The molecule has 0 bridgehead atoms. The molecule has 8 unspecified atom stereocenters. The van der Waals surface area contributed by atoms with E-state index in [1.807, 2.05) is 0 Å². The van der Waals surface area contributed by atoms with Gasteiger partial charge in [-0.15, -0.1) is 0 Å². The molecule has 0 aromatic carbocycles. The molecule has 5 aliphatic rings. The summed E-state index contributed by atoms with van der Waals surface area (Å²) < 4.78 is 0. The van der Waals surface area contributed by atoms with Crippen LogP contribution < -0.4 is 5.73 Å². The van der Waals surface area contributed by atoms with Crippen LogP contribution >= 0.6 is 0 Å². The standard InChI is InChI=1S/C34H50N2O2/c1-8-9-10-21-17-26-32(6,13-12-25-31(4,5)28(37)22(20-35)18-33(25,26)7)23-11-14-34(29(36)38)16-15-30(2,3)19-24(34)27(21)23/h10,18,23-27H,8-9,11-17,19H2,1-7H3,(H2,36,38)/b21-10+. The van der Waals surface area contributed by atoms with Gasteiger partial charge in [-0.25, -0.2) is 0 Å². The van der Waals surface area contributed by atoms with E-state index in [9.17, 15) is 14.9 Å². The second-order valence-electron chi connectivity index (χ2n) is 15.7. The van der Waals surface area contributed by atoms with Crippen LogP contribution in [-0.4, -0.2) is 11.7 Å². The second kappa shape index (κ2) is 8.81. The Morgan fingerprint density at radius 1 is 1.05 bits per heavy atom. The van der Waals surface area contributed by atoms with Crippen molar-refractivity contribution < 1.29 is 9.59 Å². The van der Waals surface area contributed by atoms with Gasteiger partial charge >= 0.3 is 0 Å².